The quantitative estimate of drug-likeness (QED) is 0.782. The van der Waals surface area contributed by atoms with Crippen molar-refractivity contribution in [3.8, 4) is 5.69 Å². The monoisotopic (exact) mass is 401 g/mol. The predicted molar refractivity (Wildman–Crippen MR) is 109 cm³/mol. The van der Waals surface area contributed by atoms with Crippen LogP contribution in [0, 0.1) is 0 Å². The van der Waals surface area contributed by atoms with E-state index in [9.17, 15) is 9.59 Å². The maximum absolute atomic E-state index is 12.8. The topological polar surface area (TPSA) is 61.7 Å². The smallest absolute Gasteiger partial charge is 0.292 e. The summed E-state index contributed by atoms with van der Waals surface area (Å²) in [6.07, 6.45) is 3.65. The van der Waals surface area contributed by atoms with Crippen LogP contribution in [0.15, 0.2) is 41.3 Å². The third-order valence-corrected chi connectivity index (χ3v) is 5.99. The number of benzene rings is 1. The summed E-state index contributed by atoms with van der Waals surface area (Å²) in [7, 11) is 2.01. The maximum Gasteiger partial charge on any atom is 0.292 e. The molecular formula is C20H24ClN5O2. The Morgan fingerprint density at radius 2 is 1.82 bits per heavy atom. The van der Waals surface area contributed by atoms with Crippen molar-refractivity contribution < 1.29 is 4.79 Å². The minimum absolute atomic E-state index is 0.00612. The van der Waals surface area contributed by atoms with Gasteiger partial charge in [-0.2, -0.15) is 9.78 Å². The van der Waals surface area contributed by atoms with E-state index >= 15 is 0 Å². The largest absolute Gasteiger partial charge is 0.365 e. The number of hydrogen-bond acceptors (Lipinski definition) is 5. The molecule has 1 amide bonds. The second kappa shape index (κ2) is 7.93. The molecule has 2 aliphatic heterocycles. The summed E-state index contributed by atoms with van der Waals surface area (Å²) in [6, 6.07) is 9.22. The molecule has 1 aromatic heterocycles. The molecule has 1 atom stereocenters. The summed E-state index contributed by atoms with van der Waals surface area (Å²) in [6.45, 7) is 3.51. The lowest BCUT2D eigenvalue weighted by molar-refractivity contribution is -0.135. The Morgan fingerprint density at radius 1 is 1.11 bits per heavy atom. The molecule has 28 heavy (non-hydrogen) atoms. The van der Waals surface area contributed by atoms with Gasteiger partial charge in [-0.3, -0.25) is 14.5 Å². The van der Waals surface area contributed by atoms with Crippen LogP contribution in [0.4, 0.5) is 5.69 Å². The molecule has 2 fully saturated rings. The SMILES string of the molecule is CN1CCCC1C(=O)N1CCN(c2cnn(-c3ccccc3)c(=O)c2Cl)CC1. The van der Waals surface area contributed by atoms with E-state index in [1.807, 2.05) is 47.2 Å². The van der Waals surface area contributed by atoms with Gasteiger partial charge in [0.1, 0.15) is 5.02 Å². The van der Waals surface area contributed by atoms with Crippen molar-refractivity contribution in [2.45, 2.75) is 18.9 Å². The summed E-state index contributed by atoms with van der Waals surface area (Å²) in [5, 5.41) is 4.46. The summed E-state index contributed by atoms with van der Waals surface area (Å²) in [4.78, 5) is 31.5. The highest BCUT2D eigenvalue weighted by molar-refractivity contribution is 6.33. The summed E-state index contributed by atoms with van der Waals surface area (Å²) in [5.74, 6) is 0.211. The van der Waals surface area contributed by atoms with E-state index in [0.29, 0.717) is 37.6 Å². The van der Waals surface area contributed by atoms with Gasteiger partial charge in [-0.1, -0.05) is 29.8 Å². The molecule has 2 saturated heterocycles. The number of likely N-dealkylation sites (tertiary alicyclic amines) is 1. The summed E-state index contributed by atoms with van der Waals surface area (Å²) >= 11 is 6.40. The van der Waals surface area contributed by atoms with Gasteiger partial charge in [-0.05, 0) is 38.6 Å². The van der Waals surface area contributed by atoms with Crippen molar-refractivity contribution in [2.24, 2.45) is 0 Å². The number of anilines is 1. The number of aromatic nitrogens is 2. The second-order valence-electron chi connectivity index (χ2n) is 7.35. The standard InChI is InChI=1S/C20H24ClN5O2/c1-23-9-5-8-16(23)19(27)25-12-10-24(11-13-25)17-14-22-26(20(28)18(17)21)15-6-3-2-4-7-15/h2-4,6-7,14,16H,5,8-13H2,1H3. The Bertz CT molecular complexity index is 909. The summed E-state index contributed by atoms with van der Waals surface area (Å²) in [5.41, 5.74) is 0.970. The molecule has 4 rings (SSSR count). The Hall–Kier alpha value is -2.38. The highest BCUT2D eigenvalue weighted by atomic mass is 35.5. The molecule has 1 aromatic carbocycles. The Balaban J connectivity index is 1.47. The fourth-order valence-corrected chi connectivity index (χ4v) is 4.25. The van der Waals surface area contributed by atoms with E-state index in [4.69, 9.17) is 11.6 Å². The molecule has 0 radical (unpaired) electrons. The van der Waals surface area contributed by atoms with Crippen LogP contribution in [0.5, 0.6) is 0 Å². The molecule has 0 aliphatic carbocycles. The number of nitrogens with zero attached hydrogens (tertiary/aromatic N) is 5. The lowest BCUT2D eigenvalue weighted by Crippen LogP contribution is -2.53. The van der Waals surface area contributed by atoms with Gasteiger partial charge in [-0.25, -0.2) is 0 Å². The van der Waals surface area contributed by atoms with Gasteiger partial charge in [0, 0.05) is 26.2 Å². The Morgan fingerprint density at radius 3 is 2.46 bits per heavy atom. The molecule has 0 bridgehead atoms. The van der Waals surface area contributed by atoms with Gasteiger partial charge < -0.3 is 9.80 Å². The van der Waals surface area contributed by atoms with E-state index in [2.05, 4.69) is 10.00 Å². The van der Waals surface area contributed by atoms with Crippen molar-refractivity contribution in [3.05, 3.63) is 51.9 Å². The predicted octanol–water partition coefficient (Wildman–Crippen LogP) is 1.63. The van der Waals surface area contributed by atoms with Crippen LogP contribution in [-0.4, -0.2) is 71.3 Å². The molecule has 2 aliphatic rings. The number of carbonyl (C=O) groups excluding carboxylic acids is 1. The summed E-state index contributed by atoms with van der Waals surface area (Å²) < 4.78 is 1.31. The zero-order valence-corrected chi connectivity index (χ0v) is 16.7. The van der Waals surface area contributed by atoms with Gasteiger partial charge in [0.05, 0.1) is 23.6 Å². The number of amides is 1. The van der Waals surface area contributed by atoms with Gasteiger partial charge in [-0.15, -0.1) is 0 Å². The van der Waals surface area contributed by atoms with Gasteiger partial charge in [0.15, 0.2) is 0 Å². The van der Waals surface area contributed by atoms with E-state index in [0.717, 1.165) is 19.4 Å². The third-order valence-electron chi connectivity index (χ3n) is 5.64. The lowest BCUT2D eigenvalue weighted by atomic mass is 10.1. The molecule has 148 valence electrons. The first kappa shape index (κ1) is 19.0. The number of rotatable bonds is 3. The average Bonchev–Trinajstić information content (AvgIpc) is 3.16. The normalized spacial score (nSPS) is 20.6. The molecular weight excluding hydrogens is 378 g/mol. The van der Waals surface area contributed by atoms with Gasteiger partial charge in [0.25, 0.3) is 5.56 Å². The second-order valence-corrected chi connectivity index (χ2v) is 7.73. The molecule has 7 nitrogen and oxygen atoms in total. The fourth-order valence-electron chi connectivity index (χ4n) is 4.00. The minimum atomic E-state index is -0.337. The van der Waals surface area contributed by atoms with Crippen LogP contribution in [0.25, 0.3) is 5.69 Å². The highest BCUT2D eigenvalue weighted by Crippen LogP contribution is 2.24. The molecule has 8 heteroatoms. The number of carbonyl (C=O) groups is 1. The van der Waals surface area contributed by atoms with Crippen LogP contribution in [0.2, 0.25) is 5.02 Å². The Kier molecular flexibility index (Phi) is 5.37. The van der Waals surface area contributed by atoms with Gasteiger partial charge in [0.2, 0.25) is 5.91 Å². The van der Waals surface area contributed by atoms with Crippen LogP contribution in [0.1, 0.15) is 12.8 Å². The van der Waals surface area contributed by atoms with Crippen molar-refractivity contribution in [1.29, 1.82) is 0 Å². The average molecular weight is 402 g/mol. The maximum atomic E-state index is 12.8. The van der Waals surface area contributed by atoms with Crippen LogP contribution < -0.4 is 10.5 Å². The van der Waals surface area contributed by atoms with Crippen molar-refractivity contribution in [1.82, 2.24) is 19.6 Å². The van der Waals surface area contributed by atoms with Gasteiger partial charge >= 0.3 is 0 Å². The number of para-hydroxylation sites is 1. The van der Waals surface area contributed by atoms with Crippen molar-refractivity contribution in [3.63, 3.8) is 0 Å². The van der Waals surface area contributed by atoms with E-state index < -0.39 is 0 Å². The number of halogens is 1. The van der Waals surface area contributed by atoms with Crippen LogP contribution in [0.3, 0.4) is 0 Å². The number of piperazine rings is 1. The fraction of sp³-hybridized carbons (Fsp3) is 0.450. The molecule has 3 heterocycles. The van der Waals surface area contributed by atoms with Crippen molar-refractivity contribution in [2.75, 3.05) is 44.7 Å². The third kappa shape index (κ3) is 3.52. The molecule has 2 aromatic rings. The molecule has 0 N–H and O–H groups in total. The molecule has 1 unspecified atom stereocenters. The highest BCUT2D eigenvalue weighted by Gasteiger charge is 2.33. The Labute approximate surface area is 169 Å². The van der Waals surface area contributed by atoms with Crippen molar-refractivity contribution >= 4 is 23.2 Å². The van der Waals surface area contributed by atoms with E-state index in [1.165, 1.54) is 4.68 Å². The van der Waals surface area contributed by atoms with Crippen LogP contribution in [-0.2, 0) is 4.79 Å². The van der Waals surface area contributed by atoms with Crippen LogP contribution >= 0.6 is 11.6 Å². The zero-order chi connectivity index (χ0) is 19.7. The molecule has 0 saturated carbocycles. The van der Waals surface area contributed by atoms with E-state index in [1.54, 1.807) is 6.20 Å². The lowest BCUT2D eigenvalue weighted by Gasteiger charge is -2.38. The first-order valence-corrected chi connectivity index (χ1v) is 10.0. The number of hydrogen-bond donors (Lipinski definition) is 0. The minimum Gasteiger partial charge on any atom is -0.365 e. The van der Waals surface area contributed by atoms with E-state index in [-0.39, 0.29) is 22.5 Å². The number of likely N-dealkylation sites (N-methyl/N-ethyl adjacent to an activating group) is 1. The molecule has 0 spiro atoms. The first-order valence-electron chi connectivity index (χ1n) is 9.63. The first-order chi connectivity index (χ1) is 13.6. The zero-order valence-electron chi connectivity index (χ0n) is 15.9.